The molecule has 1 aromatic heterocycles. The minimum absolute atomic E-state index is 0.320. The van der Waals surface area contributed by atoms with Gasteiger partial charge in [0.05, 0.1) is 12.6 Å². The smallest absolute Gasteiger partial charge is 0.128 e. The van der Waals surface area contributed by atoms with Crippen molar-refractivity contribution in [2.45, 2.75) is 25.9 Å². The van der Waals surface area contributed by atoms with E-state index in [1.54, 1.807) is 7.11 Å². The summed E-state index contributed by atoms with van der Waals surface area (Å²) in [7, 11) is 5.70. The SMILES string of the molecule is CNC(C)c1ccc(N(C)C(C)COC)nc1. The van der Waals surface area contributed by atoms with Crippen molar-refractivity contribution in [3.05, 3.63) is 23.9 Å². The average molecular weight is 237 g/mol. The zero-order valence-electron chi connectivity index (χ0n) is 11.4. The predicted molar refractivity (Wildman–Crippen MR) is 71.5 cm³/mol. The van der Waals surface area contributed by atoms with Crippen LogP contribution in [0.2, 0.25) is 0 Å². The molecule has 0 saturated carbocycles. The van der Waals surface area contributed by atoms with Crippen LogP contribution in [0.4, 0.5) is 5.82 Å². The molecule has 1 aromatic rings. The highest BCUT2D eigenvalue weighted by Gasteiger charge is 2.11. The number of nitrogens with zero attached hydrogens (tertiary/aromatic N) is 2. The maximum Gasteiger partial charge on any atom is 0.128 e. The fraction of sp³-hybridized carbons (Fsp3) is 0.615. The van der Waals surface area contributed by atoms with Gasteiger partial charge in [0.2, 0.25) is 0 Å². The van der Waals surface area contributed by atoms with E-state index < -0.39 is 0 Å². The molecule has 0 saturated heterocycles. The molecule has 4 heteroatoms. The second-order valence-electron chi connectivity index (χ2n) is 4.38. The molecule has 2 atom stereocenters. The van der Waals surface area contributed by atoms with Gasteiger partial charge < -0.3 is 15.0 Å². The van der Waals surface area contributed by atoms with E-state index in [1.165, 1.54) is 5.56 Å². The van der Waals surface area contributed by atoms with Gasteiger partial charge in [-0.2, -0.15) is 0 Å². The second kappa shape index (κ2) is 6.57. The molecule has 0 aliphatic heterocycles. The molecular weight excluding hydrogens is 214 g/mol. The zero-order valence-corrected chi connectivity index (χ0v) is 11.4. The third kappa shape index (κ3) is 3.68. The number of hydrogen-bond acceptors (Lipinski definition) is 4. The lowest BCUT2D eigenvalue weighted by atomic mass is 10.1. The lowest BCUT2D eigenvalue weighted by Crippen LogP contribution is -2.33. The van der Waals surface area contributed by atoms with Gasteiger partial charge >= 0.3 is 0 Å². The molecule has 17 heavy (non-hydrogen) atoms. The van der Waals surface area contributed by atoms with Crippen LogP contribution >= 0.6 is 0 Å². The first-order valence-corrected chi connectivity index (χ1v) is 5.95. The summed E-state index contributed by atoms with van der Waals surface area (Å²) < 4.78 is 5.15. The van der Waals surface area contributed by atoms with Crippen LogP contribution in [-0.4, -0.2) is 38.8 Å². The normalized spacial score (nSPS) is 14.4. The number of hydrogen-bond donors (Lipinski definition) is 1. The summed E-state index contributed by atoms with van der Waals surface area (Å²) >= 11 is 0. The van der Waals surface area contributed by atoms with E-state index in [0.717, 1.165) is 5.82 Å². The van der Waals surface area contributed by atoms with Crippen LogP contribution in [-0.2, 0) is 4.74 Å². The summed E-state index contributed by atoms with van der Waals surface area (Å²) in [5, 5.41) is 3.20. The summed E-state index contributed by atoms with van der Waals surface area (Å²) in [5.74, 6) is 0.974. The van der Waals surface area contributed by atoms with Gasteiger partial charge in [-0.05, 0) is 32.5 Å². The molecule has 0 spiro atoms. The van der Waals surface area contributed by atoms with Gasteiger partial charge in [0.1, 0.15) is 5.82 Å². The van der Waals surface area contributed by atoms with Crippen molar-refractivity contribution in [3.8, 4) is 0 Å². The van der Waals surface area contributed by atoms with Crippen LogP contribution in [0.15, 0.2) is 18.3 Å². The summed E-state index contributed by atoms with van der Waals surface area (Å²) in [5.41, 5.74) is 1.20. The van der Waals surface area contributed by atoms with Crippen molar-refractivity contribution in [1.29, 1.82) is 0 Å². The Morgan fingerprint density at radius 3 is 2.59 bits per heavy atom. The molecule has 0 fully saturated rings. The summed E-state index contributed by atoms with van der Waals surface area (Å²) in [4.78, 5) is 6.60. The van der Waals surface area contributed by atoms with Crippen LogP contribution < -0.4 is 10.2 Å². The lowest BCUT2D eigenvalue weighted by Gasteiger charge is -2.25. The Morgan fingerprint density at radius 2 is 2.12 bits per heavy atom. The van der Waals surface area contributed by atoms with Gasteiger partial charge in [-0.1, -0.05) is 6.07 Å². The molecule has 0 aliphatic carbocycles. The largest absolute Gasteiger partial charge is 0.383 e. The molecule has 0 bridgehead atoms. The lowest BCUT2D eigenvalue weighted by molar-refractivity contribution is 0.183. The molecule has 96 valence electrons. The van der Waals surface area contributed by atoms with E-state index in [0.29, 0.717) is 18.7 Å². The number of nitrogens with one attached hydrogen (secondary N) is 1. The third-order valence-corrected chi connectivity index (χ3v) is 3.13. The molecule has 0 amide bonds. The summed E-state index contributed by atoms with van der Waals surface area (Å²) in [6.45, 7) is 4.94. The van der Waals surface area contributed by atoms with E-state index in [-0.39, 0.29) is 0 Å². The highest BCUT2D eigenvalue weighted by molar-refractivity contribution is 5.39. The van der Waals surface area contributed by atoms with E-state index in [2.05, 4.69) is 41.2 Å². The average Bonchev–Trinajstić information content (AvgIpc) is 2.37. The molecule has 2 unspecified atom stereocenters. The van der Waals surface area contributed by atoms with E-state index in [9.17, 15) is 0 Å². The topological polar surface area (TPSA) is 37.4 Å². The number of pyridine rings is 1. The van der Waals surface area contributed by atoms with Crippen molar-refractivity contribution in [1.82, 2.24) is 10.3 Å². The van der Waals surface area contributed by atoms with Gasteiger partial charge in [0.15, 0.2) is 0 Å². The summed E-state index contributed by atoms with van der Waals surface area (Å²) in [6, 6.07) is 4.81. The van der Waals surface area contributed by atoms with E-state index in [1.807, 2.05) is 20.3 Å². The van der Waals surface area contributed by atoms with Crippen molar-refractivity contribution in [2.75, 3.05) is 32.7 Å². The molecule has 0 radical (unpaired) electrons. The molecule has 4 nitrogen and oxygen atoms in total. The van der Waals surface area contributed by atoms with Crippen LogP contribution in [0.1, 0.15) is 25.5 Å². The molecular formula is C13H23N3O. The monoisotopic (exact) mass is 237 g/mol. The second-order valence-corrected chi connectivity index (χ2v) is 4.38. The van der Waals surface area contributed by atoms with E-state index >= 15 is 0 Å². The van der Waals surface area contributed by atoms with Crippen molar-refractivity contribution in [2.24, 2.45) is 0 Å². The van der Waals surface area contributed by atoms with E-state index in [4.69, 9.17) is 4.74 Å². The fourth-order valence-electron chi connectivity index (χ4n) is 1.61. The number of ether oxygens (including phenoxy) is 1. The minimum atomic E-state index is 0.320. The fourth-order valence-corrected chi connectivity index (χ4v) is 1.61. The number of aromatic nitrogens is 1. The van der Waals surface area contributed by atoms with Gasteiger partial charge in [-0.25, -0.2) is 4.98 Å². The molecule has 0 aromatic carbocycles. The van der Waals surface area contributed by atoms with Gasteiger partial charge in [-0.15, -0.1) is 0 Å². The Kier molecular flexibility index (Phi) is 5.38. The molecule has 1 heterocycles. The third-order valence-electron chi connectivity index (χ3n) is 3.13. The van der Waals surface area contributed by atoms with Gasteiger partial charge in [0, 0.05) is 26.4 Å². The van der Waals surface area contributed by atoms with Crippen LogP contribution in [0.25, 0.3) is 0 Å². The quantitative estimate of drug-likeness (QED) is 0.819. The first-order chi connectivity index (χ1) is 8.10. The Balaban J connectivity index is 2.73. The highest BCUT2D eigenvalue weighted by atomic mass is 16.5. The number of methoxy groups -OCH3 is 1. The van der Waals surface area contributed by atoms with Crippen molar-refractivity contribution in [3.63, 3.8) is 0 Å². The Labute approximate surface area is 104 Å². The summed E-state index contributed by atoms with van der Waals surface area (Å²) in [6.07, 6.45) is 1.92. The maximum atomic E-state index is 5.15. The Bertz CT molecular complexity index is 326. The van der Waals surface area contributed by atoms with Gasteiger partial charge in [-0.3, -0.25) is 0 Å². The van der Waals surface area contributed by atoms with Crippen LogP contribution in [0, 0.1) is 0 Å². The first-order valence-electron chi connectivity index (χ1n) is 5.95. The molecule has 1 N–H and O–H groups in total. The standard InChI is InChI=1S/C13H23N3O/c1-10(9-17-5)16(4)13-7-6-12(8-15-13)11(2)14-3/h6-8,10-11,14H,9H2,1-5H3. The maximum absolute atomic E-state index is 5.15. The number of likely N-dealkylation sites (N-methyl/N-ethyl adjacent to an activating group) is 1. The van der Waals surface area contributed by atoms with Gasteiger partial charge in [0.25, 0.3) is 0 Å². The number of anilines is 1. The zero-order chi connectivity index (χ0) is 12.8. The molecule has 0 aliphatic rings. The predicted octanol–water partition coefficient (Wildman–Crippen LogP) is 1.83. The Hall–Kier alpha value is -1.13. The molecule has 1 rings (SSSR count). The van der Waals surface area contributed by atoms with Crippen LogP contribution in [0.5, 0.6) is 0 Å². The van der Waals surface area contributed by atoms with Crippen molar-refractivity contribution >= 4 is 5.82 Å². The van der Waals surface area contributed by atoms with Crippen LogP contribution in [0.3, 0.4) is 0 Å². The minimum Gasteiger partial charge on any atom is -0.383 e. The Morgan fingerprint density at radius 1 is 1.41 bits per heavy atom. The highest BCUT2D eigenvalue weighted by Crippen LogP contribution is 2.16. The van der Waals surface area contributed by atoms with Crippen molar-refractivity contribution < 1.29 is 4.74 Å². The number of rotatable bonds is 6. The first kappa shape index (κ1) is 13.9.